The predicted octanol–water partition coefficient (Wildman–Crippen LogP) is 2.25. The molecule has 0 atom stereocenters. The summed E-state index contributed by atoms with van der Waals surface area (Å²) in [4.78, 5) is 14.6. The van der Waals surface area contributed by atoms with E-state index >= 15 is 0 Å². The highest BCUT2D eigenvalue weighted by Gasteiger charge is 2.22. The van der Waals surface area contributed by atoms with Crippen LogP contribution in [0, 0.1) is 11.2 Å². The normalized spacial score (nSPS) is 15.4. The van der Waals surface area contributed by atoms with Crippen LogP contribution in [0.5, 0.6) is 0 Å². The predicted molar refractivity (Wildman–Crippen MR) is 97.2 cm³/mol. The smallest absolute Gasteiger partial charge is 0.251 e. The van der Waals surface area contributed by atoms with Crippen LogP contribution in [0.15, 0.2) is 24.3 Å². The molecular weight excluding hydrogens is 333 g/mol. The van der Waals surface area contributed by atoms with Crippen LogP contribution in [0.1, 0.15) is 42.8 Å². The highest BCUT2D eigenvalue weighted by atomic mass is 19.1. The summed E-state index contributed by atoms with van der Waals surface area (Å²) in [6.07, 6.45) is 0.848. The van der Waals surface area contributed by atoms with Crippen molar-refractivity contribution < 1.29 is 9.18 Å². The summed E-state index contributed by atoms with van der Waals surface area (Å²) >= 11 is 0. The van der Waals surface area contributed by atoms with Crippen LogP contribution in [0.3, 0.4) is 0 Å². The highest BCUT2D eigenvalue weighted by Crippen LogP contribution is 2.17. The maximum Gasteiger partial charge on any atom is 0.251 e. The molecule has 26 heavy (non-hydrogen) atoms. The van der Waals surface area contributed by atoms with Gasteiger partial charge in [-0.25, -0.2) is 4.39 Å². The topological polar surface area (TPSA) is 63.1 Å². The molecule has 140 valence electrons. The SMILES string of the molecule is CC(C)(C)CN1CCc2nnc(CNC(=O)c3cccc(F)c3)n2CC1. The maximum atomic E-state index is 13.3. The van der Waals surface area contributed by atoms with Crippen molar-refractivity contribution in [3.63, 3.8) is 0 Å². The average molecular weight is 359 g/mol. The van der Waals surface area contributed by atoms with Crippen LogP contribution in [-0.4, -0.2) is 45.2 Å². The zero-order valence-electron chi connectivity index (χ0n) is 15.6. The van der Waals surface area contributed by atoms with E-state index < -0.39 is 5.82 Å². The van der Waals surface area contributed by atoms with E-state index in [0.29, 0.717) is 5.56 Å². The Balaban J connectivity index is 1.62. The van der Waals surface area contributed by atoms with Gasteiger partial charge < -0.3 is 14.8 Å². The zero-order valence-corrected chi connectivity index (χ0v) is 15.6. The van der Waals surface area contributed by atoms with Crippen LogP contribution in [-0.2, 0) is 19.5 Å². The van der Waals surface area contributed by atoms with Gasteiger partial charge in [-0.1, -0.05) is 26.8 Å². The second-order valence-corrected chi connectivity index (χ2v) is 7.96. The summed E-state index contributed by atoms with van der Waals surface area (Å²) in [6.45, 7) is 10.8. The number of nitrogens with one attached hydrogen (secondary N) is 1. The Kier molecular flexibility index (Phi) is 5.36. The number of amides is 1. The van der Waals surface area contributed by atoms with E-state index in [1.807, 2.05) is 0 Å². The second kappa shape index (κ2) is 7.53. The van der Waals surface area contributed by atoms with Crippen molar-refractivity contribution in [2.45, 2.75) is 40.3 Å². The first-order chi connectivity index (χ1) is 12.3. The van der Waals surface area contributed by atoms with Crippen molar-refractivity contribution in [2.75, 3.05) is 19.6 Å². The van der Waals surface area contributed by atoms with Gasteiger partial charge in [0.25, 0.3) is 5.91 Å². The lowest BCUT2D eigenvalue weighted by atomic mass is 9.96. The monoisotopic (exact) mass is 359 g/mol. The van der Waals surface area contributed by atoms with Gasteiger partial charge in [-0.05, 0) is 23.6 Å². The van der Waals surface area contributed by atoms with Crippen molar-refractivity contribution in [1.29, 1.82) is 0 Å². The van der Waals surface area contributed by atoms with Crippen molar-refractivity contribution in [3.05, 3.63) is 47.3 Å². The molecule has 1 aromatic carbocycles. The molecule has 2 heterocycles. The molecule has 0 saturated carbocycles. The number of aromatic nitrogens is 3. The molecule has 1 aromatic heterocycles. The number of fused-ring (bicyclic) bond motifs is 1. The van der Waals surface area contributed by atoms with Gasteiger partial charge in [-0.15, -0.1) is 10.2 Å². The fourth-order valence-electron chi connectivity index (χ4n) is 3.28. The molecule has 3 rings (SSSR count). The first-order valence-corrected chi connectivity index (χ1v) is 8.99. The van der Waals surface area contributed by atoms with Gasteiger partial charge >= 0.3 is 0 Å². The van der Waals surface area contributed by atoms with Gasteiger partial charge in [0.05, 0.1) is 6.54 Å². The van der Waals surface area contributed by atoms with Crippen molar-refractivity contribution in [1.82, 2.24) is 25.0 Å². The quantitative estimate of drug-likeness (QED) is 0.909. The Bertz CT molecular complexity index is 780. The summed E-state index contributed by atoms with van der Waals surface area (Å²) in [5.74, 6) is 0.955. The minimum Gasteiger partial charge on any atom is -0.345 e. The third-order valence-corrected chi connectivity index (χ3v) is 4.39. The third kappa shape index (κ3) is 4.66. The molecular formula is C19H26FN5O. The Hall–Kier alpha value is -2.28. The molecule has 0 radical (unpaired) electrons. The maximum absolute atomic E-state index is 13.3. The number of hydrogen-bond donors (Lipinski definition) is 1. The Morgan fingerprint density at radius 1 is 1.23 bits per heavy atom. The minimum atomic E-state index is -0.423. The second-order valence-electron chi connectivity index (χ2n) is 7.96. The summed E-state index contributed by atoms with van der Waals surface area (Å²) < 4.78 is 15.3. The Labute approximate surface area is 153 Å². The molecule has 2 aromatic rings. The first kappa shape index (κ1) is 18.5. The lowest BCUT2D eigenvalue weighted by Gasteiger charge is -2.28. The molecule has 1 aliphatic heterocycles. The van der Waals surface area contributed by atoms with Crippen LogP contribution < -0.4 is 5.32 Å². The Morgan fingerprint density at radius 3 is 2.77 bits per heavy atom. The van der Waals surface area contributed by atoms with Crippen molar-refractivity contribution in [3.8, 4) is 0 Å². The number of benzene rings is 1. The van der Waals surface area contributed by atoms with E-state index in [2.05, 4.69) is 45.8 Å². The largest absolute Gasteiger partial charge is 0.345 e. The molecule has 0 fully saturated rings. The molecule has 1 N–H and O–H groups in total. The zero-order chi connectivity index (χ0) is 18.7. The van der Waals surface area contributed by atoms with Crippen LogP contribution >= 0.6 is 0 Å². The summed E-state index contributed by atoms with van der Waals surface area (Å²) in [5.41, 5.74) is 0.559. The number of carbonyl (C=O) groups is 1. The minimum absolute atomic E-state index is 0.256. The molecule has 0 unspecified atom stereocenters. The van der Waals surface area contributed by atoms with Gasteiger partial charge in [-0.3, -0.25) is 4.79 Å². The van der Waals surface area contributed by atoms with E-state index in [0.717, 1.165) is 44.2 Å². The molecule has 6 nitrogen and oxygen atoms in total. The summed E-state index contributed by atoms with van der Waals surface area (Å²) in [7, 11) is 0. The number of hydrogen-bond acceptors (Lipinski definition) is 4. The molecule has 0 bridgehead atoms. The summed E-state index contributed by atoms with van der Waals surface area (Å²) in [6, 6.07) is 5.66. The fraction of sp³-hybridized carbons (Fsp3) is 0.526. The first-order valence-electron chi connectivity index (χ1n) is 8.99. The van der Waals surface area contributed by atoms with Gasteiger partial charge in [0.2, 0.25) is 0 Å². The van der Waals surface area contributed by atoms with Crippen molar-refractivity contribution >= 4 is 5.91 Å². The lowest BCUT2D eigenvalue weighted by Crippen LogP contribution is -2.35. The van der Waals surface area contributed by atoms with E-state index in [1.54, 1.807) is 6.07 Å². The molecule has 0 aliphatic carbocycles. The van der Waals surface area contributed by atoms with Gasteiger partial charge in [0.1, 0.15) is 11.6 Å². The van der Waals surface area contributed by atoms with Gasteiger partial charge in [0.15, 0.2) is 5.82 Å². The lowest BCUT2D eigenvalue weighted by molar-refractivity contribution is 0.0949. The molecule has 1 amide bonds. The highest BCUT2D eigenvalue weighted by molar-refractivity contribution is 5.94. The van der Waals surface area contributed by atoms with E-state index in [-0.39, 0.29) is 17.9 Å². The Morgan fingerprint density at radius 2 is 2.04 bits per heavy atom. The number of rotatable bonds is 4. The fourth-order valence-corrected chi connectivity index (χ4v) is 3.28. The summed E-state index contributed by atoms with van der Waals surface area (Å²) in [5, 5.41) is 11.3. The van der Waals surface area contributed by atoms with Crippen LogP contribution in [0.2, 0.25) is 0 Å². The van der Waals surface area contributed by atoms with Crippen LogP contribution in [0.25, 0.3) is 0 Å². The molecule has 0 saturated heterocycles. The molecule has 7 heteroatoms. The number of nitrogens with zero attached hydrogens (tertiary/aromatic N) is 4. The van der Waals surface area contributed by atoms with Gasteiger partial charge in [0, 0.05) is 38.2 Å². The molecule has 1 aliphatic rings. The number of carbonyl (C=O) groups excluding carboxylic acids is 1. The van der Waals surface area contributed by atoms with E-state index in [4.69, 9.17) is 0 Å². The van der Waals surface area contributed by atoms with Crippen LogP contribution in [0.4, 0.5) is 4.39 Å². The van der Waals surface area contributed by atoms with Crippen molar-refractivity contribution in [2.24, 2.45) is 5.41 Å². The average Bonchev–Trinajstić information content (AvgIpc) is 2.85. The third-order valence-electron chi connectivity index (χ3n) is 4.39. The molecule has 0 spiro atoms. The van der Waals surface area contributed by atoms with E-state index in [9.17, 15) is 9.18 Å². The number of halogens is 1. The van der Waals surface area contributed by atoms with E-state index in [1.165, 1.54) is 18.2 Å². The van der Waals surface area contributed by atoms with Gasteiger partial charge in [-0.2, -0.15) is 0 Å². The standard InChI is InChI=1S/C19H26FN5O/c1-19(2,3)13-24-8-7-16-22-23-17(25(16)10-9-24)12-21-18(26)14-5-4-6-15(20)11-14/h4-6,11H,7-10,12-13H2,1-3H3,(H,21,26).